The van der Waals surface area contributed by atoms with Crippen molar-refractivity contribution in [2.24, 2.45) is 0 Å². The molecule has 0 aliphatic rings. The van der Waals surface area contributed by atoms with Crippen molar-refractivity contribution >= 4 is 159 Å². The maximum atomic E-state index is 5.63. The van der Waals surface area contributed by atoms with Crippen LogP contribution in [0.5, 0.6) is 0 Å². The average Bonchev–Trinajstić information content (AvgIpc) is 1.61. The van der Waals surface area contributed by atoms with Gasteiger partial charge in [-0.3, -0.25) is 22.0 Å². The van der Waals surface area contributed by atoms with Gasteiger partial charge in [-0.1, -0.05) is 279 Å². The number of fused-ring (bicyclic) bond motifs is 27. The molecule has 0 amide bonds. The summed E-state index contributed by atoms with van der Waals surface area (Å²) in [5, 5.41) is 9.80. The fourth-order valence-electron chi connectivity index (χ4n) is 20.3. The van der Waals surface area contributed by atoms with E-state index in [2.05, 4.69) is 404 Å². The minimum absolute atomic E-state index is 0.738. The minimum Gasteiger partial charge on any atom is -0.276 e. The minimum atomic E-state index is 0.738. The molecule has 0 saturated heterocycles. The summed E-state index contributed by atoms with van der Waals surface area (Å²) in [6, 6.07) is 151. The Morgan fingerprint density at radius 2 is 0.319 bits per heavy atom. The maximum Gasteiger partial charge on any atom is 0.149 e. The number of benzene rings is 19. The molecule has 626 valence electrons. The summed E-state index contributed by atoms with van der Waals surface area (Å²) in [6.45, 7) is 0. The van der Waals surface area contributed by atoms with Crippen LogP contribution in [0.2, 0.25) is 0 Å². The van der Waals surface area contributed by atoms with E-state index in [9.17, 15) is 0 Å². The Hall–Kier alpha value is -18.6. The summed E-state index contributed by atoms with van der Waals surface area (Å²) in [5.74, 6) is 3.88. The first-order chi connectivity index (χ1) is 66.8. The van der Waals surface area contributed by atoms with Gasteiger partial charge in [0.1, 0.15) is 57.4 Å². The number of hydrogen-bond acceptors (Lipinski definition) is 10. The first-order valence-electron chi connectivity index (χ1n) is 45.3. The molecule has 15 heteroatoms. The molecule has 19 aromatic carbocycles. The lowest BCUT2D eigenvalue weighted by atomic mass is 10.00. The van der Waals surface area contributed by atoms with Gasteiger partial charge in [0.05, 0.1) is 82.8 Å². The molecule has 0 aliphatic carbocycles. The Bertz CT molecular complexity index is 9270. The molecule has 0 spiro atoms. The van der Waals surface area contributed by atoms with Gasteiger partial charge in [0.2, 0.25) is 0 Å². The molecule has 29 rings (SSSR count). The van der Waals surface area contributed by atoms with Gasteiger partial charge < -0.3 is 0 Å². The van der Waals surface area contributed by atoms with Gasteiger partial charge in [-0.2, -0.15) is 0 Å². The van der Waals surface area contributed by atoms with E-state index in [-0.39, 0.29) is 0 Å². The third-order valence-electron chi connectivity index (χ3n) is 26.8. The van der Waals surface area contributed by atoms with Crippen molar-refractivity contribution in [3.63, 3.8) is 0 Å². The summed E-state index contributed by atoms with van der Waals surface area (Å²) in [7, 11) is 0. The van der Waals surface area contributed by atoms with E-state index in [0.717, 1.165) is 250 Å². The van der Waals surface area contributed by atoms with Crippen LogP contribution in [-0.4, -0.2) is 71.8 Å². The molecule has 0 saturated carbocycles. The molecule has 0 aliphatic heterocycles. The molecule has 0 atom stereocenters. The van der Waals surface area contributed by atoms with Crippen LogP contribution >= 0.6 is 0 Å². The molecule has 0 bridgehead atoms. The SMILES string of the molecule is c1ccc(-c2ccc3nc(-c4cc(-c5nc6ccc(-c7ccccc7)cc6c6nc7ccccc7n56)cc(-c5nc6ccc(-c7ccccc7)cc6c6nc7ccccc7n56)c4)n4c5ccccc5nc4c3c2)cc1.c1ccc2cc(-c3ccc4nc(-c5ccc(-c6nc7ccc(-c8ccc9ccccc9c8)cc7c7nc8ccccc8n67)cc5)n5c6ccccc6nc5c4c3)ccc2c1. The predicted octanol–water partition coefficient (Wildman–Crippen LogP) is 29.1. The third kappa shape index (κ3) is 12.3. The summed E-state index contributed by atoms with van der Waals surface area (Å²) in [6.07, 6.45) is 0. The Balaban J connectivity index is 0.000000137. The van der Waals surface area contributed by atoms with Crippen molar-refractivity contribution in [3.8, 4) is 113 Å². The number of aromatic nitrogens is 15. The average molecular weight is 1720 g/mol. The van der Waals surface area contributed by atoms with Crippen LogP contribution in [0.25, 0.3) is 272 Å². The Morgan fingerprint density at radius 1 is 0.119 bits per heavy atom. The van der Waals surface area contributed by atoms with Crippen molar-refractivity contribution in [1.29, 1.82) is 0 Å². The zero-order chi connectivity index (χ0) is 88.5. The van der Waals surface area contributed by atoms with Crippen molar-refractivity contribution in [1.82, 2.24) is 71.8 Å². The molecule has 29 aromatic rings. The number of imidazole rings is 5. The summed E-state index contributed by atoms with van der Waals surface area (Å²) in [4.78, 5) is 54.1. The summed E-state index contributed by atoms with van der Waals surface area (Å²) >= 11 is 0. The smallest absolute Gasteiger partial charge is 0.149 e. The molecule has 0 fully saturated rings. The fourth-order valence-corrected chi connectivity index (χ4v) is 20.3. The highest BCUT2D eigenvalue weighted by atomic mass is 15.1. The van der Waals surface area contributed by atoms with Gasteiger partial charge in [0.25, 0.3) is 0 Å². The Kier molecular flexibility index (Phi) is 16.7. The predicted molar refractivity (Wildman–Crippen MR) is 550 cm³/mol. The van der Waals surface area contributed by atoms with Gasteiger partial charge >= 0.3 is 0 Å². The standard InChI is InChI=1S/C66H39N9.C54H32N6/c1-4-16-40(17-5-1)43-28-31-52-49(37-43)64-70-55-22-10-13-25-58(55)73(64)61(67-52)46-34-47(62-68-53-32-29-44(41-18-6-2-7-19-41)38-50(53)65-71-56-23-11-14-26-59(56)74(62)65)36-48(35-46)63-69-54-33-30-45(42-20-8-3-9-21-42)39-51(54)66-72-57-24-12-15-27-60(57)75(63)66;1-3-11-37-29-39(23-17-33(37)9-1)41-25-27-45-43(31-41)53-57-47-13-5-7-15-49(47)59(53)51(55-45)35-19-21-36(22-20-35)52-56-46-28-26-42(40-24-18-34-10-2-4-12-38(34)30-40)32-44(46)54-58-48-14-6-8-16-50(48)60(52)54/h1-39H;1-32H. The lowest BCUT2D eigenvalue weighted by Crippen LogP contribution is -2.03. The Labute approximate surface area is 769 Å². The van der Waals surface area contributed by atoms with Crippen LogP contribution in [0.1, 0.15) is 0 Å². The number of rotatable bonds is 10. The van der Waals surface area contributed by atoms with Crippen LogP contribution < -0.4 is 0 Å². The van der Waals surface area contributed by atoms with Crippen LogP contribution in [-0.2, 0) is 0 Å². The van der Waals surface area contributed by atoms with Gasteiger partial charge in [0.15, 0.2) is 0 Å². The first kappa shape index (κ1) is 75.4. The molecule has 10 aromatic heterocycles. The fraction of sp³-hybridized carbons (Fsp3) is 0. The lowest BCUT2D eigenvalue weighted by Gasteiger charge is -2.16. The van der Waals surface area contributed by atoms with Crippen LogP contribution in [0.15, 0.2) is 431 Å². The second-order valence-corrected chi connectivity index (χ2v) is 34.7. The van der Waals surface area contributed by atoms with E-state index in [0.29, 0.717) is 0 Å². The molecule has 0 N–H and O–H groups in total. The second kappa shape index (κ2) is 30.0. The number of nitrogens with zero attached hydrogens (tertiary/aromatic N) is 15. The first-order valence-corrected chi connectivity index (χ1v) is 45.3. The molecular formula is C120H71N15. The van der Waals surface area contributed by atoms with Crippen LogP contribution in [0.4, 0.5) is 0 Å². The zero-order valence-electron chi connectivity index (χ0n) is 72.2. The second-order valence-electron chi connectivity index (χ2n) is 34.7. The van der Waals surface area contributed by atoms with E-state index >= 15 is 0 Å². The van der Waals surface area contributed by atoms with Crippen molar-refractivity contribution in [3.05, 3.63) is 431 Å². The van der Waals surface area contributed by atoms with Crippen molar-refractivity contribution in [2.45, 2.75) is 0 Å². The van der Waals surface area contributed by atoms with Gasteiger partial charge in [-0.25, -0.2) is 49.8 Å². The summed E-state index contributed by atoms with van der Waals surface area (Å²) < 4.78 is 11.1. The van der Waals surface area contributed by atoms with E-state index in [1.807, 2.05) is 48.5 Å². The molecule has 10 heterocycles. The third-order valence-corrected chi connectivity index (χ3v) is 26.8. The highest BCUT2D eigenvalue weighted by molar-refractivity contribution is 6.08. The molecule has 0 radical (unpaired) electrons. The largest absolute Gasteiger partial charge is 0.276 e. The van der Waals surface area contributed by atoms with Gasteiger partial charge in [-0.05, 0) is 229 Å². The molecule has 0 unspecified atom stereocenters. The van der Waals surface area contributed by atoms with Crippen molar-refractivity contribution in [2.75, 3.05) is 0 Å². The quantitative estimate of drug-likeness (QED) is 0.129. The van der Waals surface area contributed by atoms with Gasteiger partial charge in [0, 0.05) is 54.7 Å². The topological polar surface area (TPSA) is 151 Å². The monoisotopic (exact) mass is 1720 g/mol. The molecular weight excluding hydrogens is 1650 g/mol. The van der Waals surface area contributed by atoms with Crippen LogP contribution in [0, 0.1) is 0 Å². The number of hydrogen-bond donors (Lipinski definition) is 0. The van der Waals surface area contributed by atoms with E-state index in [4.69, 9.17) is 49.8 Å². The van der Waals surface area contributed by atoms with E-state index in [1.54, 1.807) is 0 Å². The van der Waals surface area contributed by atoms with Crippen molar-refractivity contribution < 1.29 is 0 Å². The normalized spacial score (nSPS) is 12.0. The maximum absolute atomic E-state index is 5.63. The van der Waals surface area contributed by atoms with Gasteiger partial charge in [-0.15, -0.1) is 0 Å². The van der Waals surface area contributed by atoms with E-state index < -0.39 is 0 Å². The van der Waals surface area contributed by atoms with Crippen LogP contribution in [0.3, 0.4) is 0 Å². The molecule has 135 heavy (non-hydrogen) atoms. The summed E-state index contributed by atoms with van der Waals surface area (Å²) in [5.41, 5.74) is 33.8. The molecule has 15 nitrogen and oxygen atoms in total. The highest BCUT2D eigenvalue weighted by Gasteiger charge is 2.27. The van der Waals surface area contributed by atoms with E-state index in [1.165, 1.54) is 21.5 Å². The number of para-hydroxylation sites is 10. The zero-order valence-corrected chi connectivity index (χ0v) is 72.2. The Morgan fingerprint density at radius 3 is 0.585 bits per heavy atom. The highest BCUT2D eigenvalue weighted by Crippen LogP contribution is 2.44. The lowest BCUT2D eigenvalue weighted by molar-refractivity contribution is 1.14.